The second kappa shape index (κ2) is 8.16. The van der Waals surface area contributed by atoms with Crippen LogP contribution >= 0.6 is 32.4 Å². The predicted octanol–water partition coefficient (Wildman–Crippen LogP) is 3.26. The molecule has 0 spiro atoms. The van der Waals surface area contributed by atoms with Gasteiger partial charge in [0, 0.05) is 0 Å². The number of carbonyl (C=O) groups is 2. The molecule has 1 amide bonds. The standard InChI is InChI=1S/C26H16NO4PS2Se/c28-23-21-19-17(24(33)27(23)13-15-7-3-1-4-8-15)11-12-18-20(19)22(35(21,30)31)26(34)32(25(18)29)14-16-9-5-2-6-10-16/h1-12H,13-14H2. The first-order chi connectivity index (χ1) is 16.8. The summed E-state index contributed by atoms with van der Waals surface area (Å²) in [7, 11) is -1.59. The van der Waals surface area contributed by atoms with Crippen LogP contribution in [0.5, 0.6) is 0 Å². The second-order valence-electron chi connectivity index (χ2n) is 8.44. The van der Waals surface area contributed by atoms with Gasteiger partial charge in [0.05, 0.1) is 0 Å². The quantitative estimate of drug-likeness (QED) is 0.268. The summed E-state index contributed by atoms with van der Waals surface area (Å²) in [5.74, 6) is -0.644. The number of carbonyl (C=O) groups excluding carboxylic acids is 2. The Balaban J connectivity index is 1.54. The summed E-state index contributed by atoms with van der Waals surface area (Å²) in [5.41, 5.74) is 2.40. The molecule has 1 unspecified atom stereocenters. The molecule has 3 aliphatic rings. The van der Waals surface area contributed by atoms with Crippen molar-refractivity contribution in [3.05, 3.63) is 105 Å². The van der Waals surface area contributed by atoms with Crippen LogP contribution in [0, 0.1) is 0 Å². The average Bonchev–Trinajstić information content (AvgIpc) is 3.11. The number of thiocarbonyl (C=S) groups is 2. The number of nitrogens with zero attached hydrogens (tertiary/aromatic N) is 1. The second-order valence-corrected chi connectivity index (χ2v) is 15.4. The minimum absolute atomic E-state index is 0.0115. The maximum atomic E-state index is 13.9. The van der Waals surface area contributed by atoms with Crippen LogP contribution < -0.4 is 10.4 Å². The van der Waals surface area contributed by atoms with Crippen molar-refractivity contribution in [2.75, 3.05) is 0 Å². The number of rotatable bonds is 4. The van der Waals surface area contributed by atoms with E-state index < -0.39 is 26.5 Å². The molecule has 5 nitrogen and oxygen atoms in total. The van der Waals surface area contributed by atoms with E-state index in [-0.39, 0.29) is 35.8 Å². The van der Waals surface area contributed by atoms with Gasteiger partial charge in [-0.3, -0.25) is 0 Å². The Kier molecular flexibility index (Phi) is 5.29. The molecule has 0 radical (unpaired) electrons. The van der Waals surface area contributed by atoms with Gasteiger partial charge in [0.1, 0.15) is 0 Å². The Morgan fingerprint density at radius 1 is 0.743 bits per heavy atom. The maximum absolute atomic E-state index is 13.9. The summed E-state index contributed by atoms with van der Waals surface area (Å²) in [4.78, 5) is 28.8. The van der Waals surface area contributed by atoms with Gasteiger partial charge >= 0.3 is 215 Å². The van der Waals surface area contributed by atoms with Gasteiger partial charge in [-0.25, -0.2) is 0 Å². The molecule has 0 aromatic heterocycles. The molecule has 3 heterocycles. The monoisotopic (exact) mass is 581 g/mol. The van der Waals surface area contributed by atoms with E-state index in [0.29, 0.717) is 22.5 Å². The van der Waals surface area contributed by atoms with Crippen molar-refractivity contribution in [2.24, 2.45) is 0 Å². The van der Waals surface area contributed by atoms with Gasteiger partial charge in [-0.1, -0.05) is 0 Å². The van der Waals surface area contributed by atoms with Crippen LogP contribution in [0.15, 0.2) is 72.8 Å². The normalized spacial score (nSPS) is 19.9. The Morgan fingerprint density at radius 3 is 1.97 bits per heavy atom. The first-order valence-corrected chi connectivity index (χ1v) is 16.2. The predicted molar refractivity (Wildman–Crippen MR) is 142 cm³/mol. The third-order valence-corrected chi connectivity index (χ3v) is 14.4. The van der Waals surface area contributed by atoms with E-state index in [1.165, 1.54) is 4.90 Å². The van der Waals surface area contributed by atoms with Crippen LogP contribution in [-0.4, -0.2) is 38.6 Å². The molecule has 3 aliphatic heterocycles. The van der Waals surface area contributed by atoms with Gasteiger partial charge in [-0.05, 0) is 0 Å². The van der Waals surface area contributed by atoms with Crippen LogP contribution in [0.1, 0.15) is 27.0 Å². The van der Waals surface area contributed by atoms with Crippen molar-refractivity contribution in [3.63, 3.8) is 0 Å². The molecule has 0 saturated heterocycles. The molecule has 3 aromatic carbocycles. The van der Waals surface area contributed by atoms with Crippen molar-refractivity contribution in [3.8, 4) is 0 Å². The van der Waals surface area contributed by atoms with Crippen LogP contribution in [0.3, 0.4) is 0 Å². The Hall–Kier alpha value is -2.73. The Labute approximate surface area is 214 Å². The SMILES string of the molecule is O=C1C2=c3c(ccc4c3=C(C(=S)P(Cc3ccccc3)C4=O)[Se]2(=O)=O)C(=S)N1Cc1ccccc1. The van der Waals surface area contributed by atoms with Crippen molar-refractivity contribution in [1.29, 1.82) is 0 Å². The van der Waals surface area contributed by atoms with Crippen molar-refractivity contribution in [2.45, 2.75) is 12.7 Å². The molecule has 9 heteroatoms. The van der Waals surface area contributed by atoms with E-state index in [0.717, 1.165) is 11.1 Å². The fourth-order valence-corrected chi connectivity index (χ4v) is 13.1. The number of hydrogen-bond donors (Lipinski definition) is 0. The Bertz CT molecular complexity index is 1610. The van der Waals surface area contributed by atoms with E-state index in [2.05, 4.69) is 0 Å². The summed E-state index contributed by atoms with van der Waals surface area (Å²) < 4.78 is 27.8. The summed E-state index contributed by atoms with van der Waals surface area (Å²) >= 11 is 6.15. The summed E-state index contributed by atoms with van der Waals surface area (Å²) in [6, 6.07) is 22.0. The molecule has 172 valence electrons. The molecule has 0 fully saturated rings. The minimum atomic E-state index is -5.19. The summed E-state index contributed by atoms with van der Waals surface area (Å²) in [6.45, 7) is 0.158. The number of amides is 1. The molecule has 3 aromatic rings. The average molecular weight is 580 g/mol. The van der Waals surface area contributed by atoms with Crippen LogP contribution in [0.4, 0.5) is 0 Å². The first kappa shape index (κ1) is 22.7. The molecule has 1 atom stereocenters. The van der Waals surface area contributed by atoms with Gasteiger partial charge in [-0.15, -0.1) is 0 Å². The third-order valence-electron chi connectivity index (χ3n) is 6.39. The molecule has 0 N–H and O–H groups in total. The topological polar surface area (TPSA) is 71.5 Å². The summed E-state index contributed by atoms with van der Waals surface area (Å²) in [5, 5.41) is 0.561. The van der Waals surface area contributed by atoms with E-state index >= 15 is 0 Å². The van der Waals surface area contributed by atoms with Gasteiger partial charge in [-0.2, -0.15) is 0 Å². The van der Waals surface area contributed by atoms with Crippen molar-refractivity contribution in [1.82, 2.24) is 4.90 Å². The van der Waals surface area contributed by atoms with E-state index in [1.54, 1.807) is 12.1 Å². The molecule has 6 rings (SSSR count). The van der Waals surface area contributed by atoms with Crippen LogP contribution in [-0.2, 0) is 25.2 Å². The van der Waals surface area contributed by atoms with Gasteiger partial charge in [0.25, 0.3) is 0 Å². The number of benzene rings is 3. The molecule has 0 aliphatic carbocycles. The Morgan fingerprint density at radius 2 is 1.31 bits per heavy atom. The van der Waals surface area contributed by atoms with Crippen molar-refractivity contribution >= 4 is 75.0 Å². The zero-order chi connectivity index (χ0) is 24.5. The van der Waals surface area contributed by atoms with E-state index in [4.69, 9.17) is 24.4 Å². The molecule has 0 bridgehead atoms. The first-order valence-electron chi connectivity index (χ1n) is 10.8. The van der Waals surface area contributed by atoms with Crippen LogP contribution in [0.25, 0.3) is 8.94 Å². The molecular formula is C26H16NO4PS2Se. The van der Waals surface area contributed by atoms with Crippen LogP contribution in [0.2, 0.25) is 0 Å². The summed E-state index contributed by atoms with van der Waals surface area (Å²) in [6.07, 6.45) is 0.364. The van der Waals surface area contributed by atoms with E-state index in [9.17, 15) is 17.3 Å². The zero-order valence-electron chi connectivity index (χ0n) is 18.1. The van der Waals surface area contributed by atoms with Gasteiger partial charge < -0.3 is 0 Å². The molecule has 35 heavy (non-hydrogen) atoms. The number of hydrogen-bond acceptors (Lipinski definition) is 6. The zero-order valence-corrected chi connectivity index (χ0v) is 22.3. The fraction of sp³-hybridized carbons (Fsp3) is 0.0769. The van der Waals surface area contributed by atoms with Gasteiger partial charge in [0.2, 0.25) is 0 Å². The van der Waals surface area contributed by atoms with Crippen molar-refractivity contribution < 1.29 is 17.3 Å². The fourth-order valence-electron chi connectivity index (χ4n) is 4.78. The van der Waals surface area contributed by atoms with Gasteiger partial charge in [0.15, 0.2) is 0 Å². The van der Waals surface area contributed by atoms with E-state index in [1.807, 2.05) is 60.7 Å². The molecular weight excluding hydrogens is 564 g/mol. The molecule has 0 saturated carbocycles. The third kappa shape index (κ3) is 3.29.